The van der Waals surface area contributed by atoms with E-state index in [9.17, 15) is 26.4 Å². The molecular formula is C22H22F3N7O3S. The predicted octanol–water partition coefficient (Wildman–Crippen LogP) is 3.72. The van der Waals surface area contributed by atoms with Crippen molar-refractivity contribution in [3.63, 3.8) is 0 Å². The molecule has 3 rings (SSSR count). The number of halogens is 3. The van der Waals surface area contributed by atoms with E-state index < -0.39 is 33.4 Å². The van der Waals surface area contributed by atoms with Crippen LogP contribution >= 0.6 is 0 Å². The lowest BCUT2D eigenvalue weighted by Gasteiger charge is -2.23. The van der Waals surface area contributed by atoms with Crippen LogP contribution in [0.2, 0.25) is 0 Å². The standard InChI is InChI=1S/C22H22F3N7O3S/c1-21(2,3)32-20(29-16-6-4-5-15(11-26)28-16)17(19(27)33)18(30-32)13-7-9-14(10-8-13)31-36(34,35)12-22(23,24)25/h4-10,31H,12H2,1-3H3,(H2,27,33)(H,28,29). The first-order chi connectivity index (χ1) is 16.6. The van der Waals surface area contributed by atoms with Gasteiger partial charge < -0.3 is 11.1 Å². The van der Waals surface area contributed by atoms with Crippen LogP contribution < -0.4 is 15.8 Å². The summed E-state index contributed by atoms with van der Waals surface area (Å²) in [5, 5.41) is 16.7. The number of sulfonamides is 1. The zero-order chi connectivity index (χ0) is 26.9. The van der Waals surface area contributed by atoms with Gasteiger partial charge in [-0.05, 0) is 45.0 Å². The number of hydrogen-bond acceptors (Lipinski definition) is 7. The molecular weight excluding hydrogens is 499 g/mol. The first-order valence-corrected chi connectivity index (χ1v) is 12.0. The summed E-state index contributed by atoms with van der Waals surface area (Å²) in [6.45, 7) is 5.49. The van der Waals surface area contributed by atoms with Crippen molar-refractivity contribution in [3.05, 3.63) is 53.7 Å². The molecule has 0 saturated carbocycles. The van der Waals surface area contributed by atoms with Gasteiger partial charge in [0, 0.05) is 11.3 Å². The second-order valence-corrected chi connectivity index (χ2v) is 10.4. The van der Waals surface area contributed by atoms with Crippen LogP contribution in [0.15, 0.2) is 42.5 Å². The van der Waals surface area contributed by atoms with Gasteiger partial charge in [0.1, 0.15) is 34.7 Å². The summed E-state index contributed by atoms with van der Waals surface area (Å²) >= 11 is 0. The van der Waals surface area contributed by atoms with E-state index in [1.54, 1.807) is 12.1 Å². The molecule has 0 atom stereocenters. The largest absolute Gasteiger partial charge is 0.404 e. The molecule has 0 radical (unpaired) electrons. The van der Waals surface area contributed by atoms with Crippen LogP contribution in [-0.4, -0.2) is 41.0 Å². The van der Waals surface area contributed by atoms with Gasteiger partial charge in [-0.25, -0.2) is 18.1 Å². The normalized spacial score (nSPS) is 12.1. The molecule has 0 aliphatic rings. The molecule has 1 amide bonds. The summed E-state index contributed by atoms with van der Waals surface area (Å²) in [6, 6.07) is 11.9. The van der Waals surface area contributed by atoms with Gasteiger partial charge in [0.2, 0.25) is 10.0 Å². The van der Waals surface area contributed by atoms with Gasteiger partial charge in [-0.3, -0.25) is 9.52 Å². The van der Waals surface area contributed by atoms with E-state index in [-0.39, 0.29) is 34.3 Å². The van der Waals surface area contributed by atoms with E-state index >= 15 is 0 Å². The van der Waals surface area contributed by atoms with Crippen molar-refractivity contribution in [3.8, 4) is 17.3 Å². The summed E-state index contributed by atoms with van der Waals surface area (Å²) in [4.78, 5) is 16.7. The first-order valence-electron chi connectivity index (χ1n) is 10.3. The van der Waals surface area contributed by atoms with E-state index in [1.807, 2.05) is 31.6 Å². The number of pyridine rings is 1. The maximum absolute atomic E-state index is 12.5. The zero-order valence-corrected chi connectivity index (χ0v) is 20.2. The van der Waals surface area contributed by atoms with E-state index in [0.717, 1.165) is 0 Å². The van der Waals surface area contributed by atoms with Gasteiger partial charge in [0.15, 0.2) is 5.75 Å². The topological polar surface area (TPSA) is 156 Å². The molecule has 36 heavy (non-hydrogen) atoms. The molecule has 10 nitrogen and oxygen atoms in total. The van der Waals surface area contributed by atoms with Gasteiger partial charge in [0.25, 0.3) is 5.91 Å². The summed E-state index contributed by atoms with van der Waals surface area (Å²) < 4.78 is 64.4. The van der Waals surface area contributed by atoms with Crippen molar-refractivity contribution in [2.75, 3.05) is 15.8 Å². The number of amides is 1. The number of carbonyl (C=O) groups is 1. The predicted molar refractivity (Wildman–Crippen MR) is 127 cm³/mol. The number of aromatic nitrogens is 3. The monoisotopic (exact) mass is 521 g/mol. The van der Waals surface area contributed by atoms with E-state index in [2.05, 4.69) is 15.4 Å². The maximum Gasteiger partial charge on any atom is 0.404 e. The number of carbonyl (C=O) groups excluding carboxylic acids is 1. The fourth-order valence-corrected chi connectivity index (χ4v) is 4.27. The Labute approximate surface area is 205 Å². The Kier molecular flexibility index (Phi) is 6.99. The smallest absolute Gasteiger partial charge is 0.365 e. The molecule has 1 aromatic carbocycles. The van der Waals surface area contributed by atoms with Crippen LogP contribution in [0.5, 0.6) is 0 Å². The molecule has 14 heteroatoms. The molecule has 0 fully saturated rings. The molecule has 0 spiro atoms. The van der Waals surface area contributed by atoms with Gasteiger partial charge in [0.05, 0.1) is 5.54 Å². The Hall–Kier alpha value is -4.12. The number of rotatable bonds is 7. The third-order valence-electron chi connectivity index (χ3n) is 4.66. The second kappa shape index (κ2) is 9.50. The van der Waals surface area contributed by atoms with Crippen LogP contribution in [-0.2, 0) is 15.6 Å². The average Bonchev–Trinajstić information content (AvgIpc) is 3.12. The average molecular weight is 522 g/mol. The molecule has 2 aromatic heterocycles. The third-order valence-corrected chi connectivity index (χ3v) is 5.92. The quantitative estimate of drug-likeness (QED) is 0.428. The highest BCUT2D eigenvalue weighted by Crippen LogP contribution is 2.34. The van der Waals surface area contributed by atoms with Gasteiger partial charge in [-0.1, -0.05) is 18.2 Å². The Morgan fingerprint density at radius 2 is 1.78 bits per heavy atom. The lowest BCUT2D eigenvalue weighted by molar-refractivity contribution is -0.106. The number of nitriles is 1. The van der Waals surface area contributed by atoms with Crippen molar-refractivity contribution in [1.82, 2.24) is 14.8 Å². The number of anilines is 3. The molecule has 190 valence electrons. The maximum atomic E-state index is 12.5. The van der Waals surface area contributed by atoms with Gasteiger partial charge >= 0.3 is 6.18 Å². The minimum atomic E-state index is -4.90. The lowest BCUT2D eigenvalue weighted by atomic mass is 10.1. The zero-order valence-electron chi connectivity index (χ0n) is 19.4. The number of benzene rings is 1. The van der Waals surface area contributed by atoms with Crippen LogP contribution in [0, 0.1) is 11.3 Å². The van der Waals surface area contributed by atoms with E-state index in [4.69, 9.17) is 11.0 Å². The van der Waals surface area contributed by atoms with Crippen LogP contribution in [0.4, 0.5) is 30.5 Å². The second-order valence-electron chi connectivity index (χ2n) is 8.72. The van der Waals surface area contributed by atoms with Gasteiger partial charge in [-0.2, -0.15) is 23.5 Å². The van der Waals surface area contributed by atoms with E-state index in [0.29, 0.717) is 5.56 Å². The fourth-order valence-electron chi connectivity index (χ4n) is 3.27. The summed E-state index contributed by atoms with van der Waals surface area (Å²) in [5.41, 5.74) is 5.59. The highest BCUT2D eigenvalue weighted by molar-refractivity contribution is 7.92. The van der Waals surface area contributed by atoms with E-state index in [1.165, 1.54) is 35.0 Å². The molecule has 0 saturated heterocycles. The Balaban J connectivity index is 2.06. The SMILES string of the molecule is CC(C)(C)n1nc(-c2ccc(NS(=O)(=O)CC(F)(F)F)cc2)c(C(N)=O)c1Nc1cccc(C#N)n1. The number of nitrogens with two attached hydrogens (primary N) is 1. The number of hydrogen-bond donors (Lipinski definition) is 3. The Bertz CT molecular complexity index is 1440. The molecule has 0 bridgehead atoms. The van der Waals surface area contributed by atoms with Crippen LogP contribution in [0.1, 0.15) is 36.8 Å². The van der Waals surface area contributed by atoms with Crippen molar-refractivity contribution in [2.45, 2.75) is 32.5 Å². The minimum Gasteiger partial charge on any atom is -0.365 e. The van der Waals surface area contributed by atoms with Crippen molar-refractivity contribution < 1.29 is 26.4 Å². The highest BCUT2D eigenvalue weighted by Gasteiger charge is 2.35. The van der Waals surface area contributed by atoms with Crippen molar-refractivity contribution in [2.24, 2.45) is 5.73 Å². The Morgan fingerprint density at radius 3 is 2.31 bits per heavy atom. The third kappa shape index (κ3) is 6.30. The fraction of sp³-hybridized carbons (Fsp3) is 0.273. The molecule has 0 aliphatic carbocycles. The summed E-state index contributed by atoms with van der Waals surface area (Å²) in [6.07, 6.45) is -4.90. The van der Waals surface area contributed by atoms with Crippen molar-refractivity contribution >= 4 is 33.3 Å². The van der Waals surface area contributed by atoms with Crippen LogP contribution in [0.3, 0.4) is 0 Å². The molecule has 0 aliphatic heterocycles. The molecule has 3 aromatic rings. The molecule has 4 N–H and O–H groups in total. The number of primary amides is 1. The Morgan fingerprint density at radius 1 is 1.14 bits per heavy atom. The van der Waals surface area contributed by atoms with Crippen molar-refractivity contribution in [1.29, 1.82) is 5.26 Å². The van der Waals surface area contributed by atoms with Crippen LogP contribution in [0.25, 0.3) is 11.3 Å². The molecule has 0 unspecified atom stereocenters. The number of alkyl halides is 3. The highest BCUT2D eigenvalue weighted by atomic mass is 32.2. The summed E-state index contributed by atoms with van der Waals surface area (Å²) in [7, 11) is -4.66. The first kappa shape index (κ1) is 26.5. The molecule has 2 heterocycles. The minimum absolute atomic E-state index is 0.000474. The number of nitrogens with one attached hydrogen (secondary N) is 2. The summed E-state index contributed by atoms with van der Waals surface area (Å²) in [5.74, 6) is -2.38. The van der Waals surface area contributed by atoms with Gasteiger partial charge in [-0.15, -0.1) is 0 Å². The number of nitrogens with zero attached hydrogens (tertiary/aromatic N) is 4. The lowest BCUT2D eigenvalue weighted by Crippen LogP contribution is -2.27.